The van der Waals surface area contributed by atoms with E-state index in [0.29, 0.717) is 5.75 Å². The average molecular weight is 257 g/mol. The Labute approximate surface area is 113 Å². The number of ether oxygens (including phenoxy) is 1. The first-order valence-electron chi connectivity index (χ1n) is 6.31. The van der Waals surface area contributed by atoms with E-state index in [0.717, 1.165) is 11.3 Å². The molecule has 19 heavy (non-hydrogen) atoms. The van der Waals surface area contributed by atoms with Crippen molar-refractivity contribution in [2.24, 2.45) is 0 Å². The Kier molecular flexibility index (Phi) is 3.95. The SMILES string of the molecule is COc1ccc(C(C)Nc2ccccc2C)c(O)c1. The molecular weight excluding hydrogens is 238 g/mol. The van der Waals surface area contributed by atoms with E-state index in [-0.39, 0.29) is 11.8 Å². The van der Waals surface area contributed by atoms with Crippen LogP contribution in [0.2, 0.25) is 0 Å². The summed E-state index contributed by atoms with van der Waals surface area (Å²) in [5.74, 6) is 0.900. The van der Waals surface area contributed by atoms with Gasteiger partial charge in [0.05, 0.1) is 13.2 Å². The van der Waals surface area contributed by atoms with Gasteiger partial charge >= 0.3 is 0 Å². The molecule has 0 bridgehead atoms. The largest absolute Gasteiger partial charge is 0.507 e. The van der Waals surface area contributed by atoms with E-state index in [1.807, 2.05) is 37.3 Å². The van der Waals surface area contributed by atoms with Crippen molar-refractivity contribution in [3.05, 3.63) is 53.6 Å². The summed E-state index contributed by atoms with van der Waals surface area (Å²) in [5, 5.41) is 13.4. The van der Waals surface area contributed by atoms with Gasteiger partial charge in [-0.15, -0.1) is 0 Å². The third kappa shape index (κ3) is 2.99. The summed E-state index contributed by atoms with van der Waals surface area (Å²) in [5.41, 5.74) is 3.11. The maximum atomic E-state index is 10.0. The van der Waals surface area contributed by atoms with Crippen molar-refractivity contribution in [3.8, 4) is 11.5 Å². The van der Waals surface area contributed by atoms with Gasteiger partial charge in [0.2, 0.25) is 0 Å². The maximum Gasteiger partial charge on any atom is 0.124 e. The molecule has 3 heteroatoms. The second kappa shape index (κ2) is 5.65. The van der Waals surface area contributed by atoms with Gasteiger partial charge in [0.25, 0.3) is 0 Å². The molecule has 2 N–H and O–H groups in total. The summed E-state index contributed by atoms with van der Waals surface area (Å²) < 4.78 is 5.09. The van der Waals surface area contributed by atoms with Gasteiger partial charge < -0.3 is 15.2 Å². The van der Waals surface area contributed by atoms with E-state index >= 15 is 0 Å². The lowest BCUT2D eigenvalue weighted by atomic mass is 10.1. The number of nitrogens with one attached hydrogen (secondary N) is 1. The summed E-state index contributed by atoms with van der Waals surface area (Å²) >= 11 is 0. The van der Waals surface area contributed by atoms with E-state index in [4.69, 9.17) is 4.74 Å². The Hall–Kier alpha value is -2.16. The molecule has 0 saturated carbocycles. The quantitative estimate of drug-likeness (QED) is 0.873. The molecule has 2 aromatic carbocycles. The fourth-order valence-electron chi connectivity index (χ4n) is 2.06. The summed E-state index contributed by atoms with van der Waals surface area (Å²) in [6.45, 7) is 4.08. The smallest absolute Gasteiger partial charge is 0.124 e. The number of rotatable bonds is 4. The summed E-state index contributed by atoms with van der Waals surface area (Å²) in [6, 6.07) is 13.5. The molecule has 0 spiro atoms. The lowest BCUT2D eigenvalue weighted by Crippen LogP contribution is -2.07. The summed E-state index contributed by atoms with van der Waals surface area (Å²) in [6.07, 6.45) is 0. The monoisotopic (exact) mass is 257 g/mol. The third-order valence-corrected chi connectivity index (χ3v) is 3.22. The maximum absolute atomic E-state index is 10.0. The Bertz CT molecular complexity index is 566. The Morgan fingerprint density at radius 1 is 1.16 bits per heavy atom. The highest BCUT2D eigenvalue weighted by molar-refractivity contribution is 5.53. The highest BCUT2D eigenvalue weighted by Crippen LogP contribution is 2.30. The fourth-order valence-corrected chi connectivity index (χ4v) is 2.06. The standard InChI is InChI=1S/C16H19NO2/c1-11-6-4-5-7-15(11)17-12(2)14-9-8-13(19-3)10-16(14)18/h4-10,12,17-18H,1-3H3. The van der Waals surface area contributed by atoms with Crippen molar-refractivity contribution in [2.45, 2.75) is 19.9 Å². The van der Waals surface area contributed by atoms with E-state index in [2.05, 4.69) is 18.3 Å². The fraction of sp³-hybridized carbons (Fsp3) is 0.250. The van der Waals surface area contributed by atoms with Crippen molar-refractivity contribution >= 4 is 5.69 Å². The van der Waals surface area contributed by atoms with Crippen LogP contribution in [-0.4, -0.2) is 12.2 Å². The molecule has 0 fully saturated rings. The Morgan fingerprint density at radius 2 is 1.89 bits per heavy atom. The van der Waals surface area contributed by atoms with Gasteiger partial charge in [-0.25, -0.2) is 0 Å². The van der Waals surface area contributed by atoms with Crippen LogP contribution in [0, 0.1) is 6.92 Å². The minimum atomic E-state index is 0.0204. The lowest BCUT2D eigenvalue weighted by molar-refractivity contribution is 0.406. The van der Waals surface area contributed by atoms with Crippen molar-refractivity contribution in [2.75, 3.05) is 12.4 Å². The zero-order valence-corrected chi connectivity index (χ0v) is 11.5. The molecule has 100 valence electrons. The van der Waals surface area contributed by atoms with Crippen LogP contribution in [0.25, 0.3) is 0 Å². The molecule has 0 radical (unpaired) electrons. The van der Waals surface area contributed by atoms with Crippen LogP contribution in [0.5, 0.6) is 11.5 Å². The van der Waals surface area contributed by atoms with E-state index in [1.54, 1.807) is 13.2 Å². The number of aryl methyl sites for hydroxylation is 1. The molecule has 2 aromatic rings. The minimum absolute atomic E-state index is 0.0204. The first-order valence-corrected chi connectivity index (χ1v) is 6.31. The number of methoxy groups -OCH3 is 1. The summed E-state index contributed by atoms with van der Waals surface area (Å²) in [7, 11) is 1.59. The molecule has 0 heterocycles. The van der Waals surface area contributed by atoms with Gasteiger partial charge in [-0.3, -0.25) is 0 Å². The number of phenolic OH excluding ortho intramolecular Hbond substituents is 1. The van der Waals surface area contributed by atoms with Crippen LogP contribution < -0.4 is 10.1 Å². The topological polar surface area (TPSA) is 41.5 Å². The van der Waals surface area contributed by atoms with Crippen LogP contribution in [0.3, 0.4) is 0 Å². The van der Waals surface area contributed by atoms with Crippen molar-refractivity contribution in [1.82, 2.24) is 0 Å². The molecule has 1 atom stereocenters. The Morgan fingerprint density at radius 3 is 2.53 bits per heavy atom. The van der Waals surface area contributed by atoms with Gasteiger partial charge in [-0.1, -0.05) is 18.2 Å². The van der Waals surface area contributed by atoms with Crippen molar-refractivity contribution < 1.29 is 9.84 Å². The number of phenols is 1. The minimum Gasteiger partial charge on any atom is -0.507 e. The highest BCUT2D eigenvalue weighted by atomic mass is 16.5. The van der Waals surface area contributed by atoms with Crippen LogP contribution in [0.15, 0.2) is 42.5 Å². The third-order valence-electron chi connectivity index (χ3n) is 3.22. The number of hydrogen-bond donors (Lipinski definition) is 2. The van der Waals surface area contributed by atoms with Crippen molar-refractivity contribution in [1.29, 1.82) is 0 Å². The molecule has 0 aliphatic carbocycles. The molecule has 0 amide bonds. The van der Waals surface area contributed by atoms with Gasteiger partial charge in [0.15, 0.2) is 0 Å². The van der Waals surface area contributed by atoms with Gasteiger partial charge in [0, 0.05) is 17.3 Å². The lowest BCUT2D eigenvalue weighted by Gasteiger charge is -2.18. The highest BCUT2D eigenvalue weighted by Gasteiger charge is 2.11. The number of aromatic hydroxyl groups is 1. The zero-order valence-electron chi connectivity index (χ0n) is 11.5. The molecular formula is C16H19NO2. The first-order chi connectivity index (χ1) is 9.11. The van der Waals surface area contributed by atoms with Gasteiger partial charge in [0.1, 0.15) is 11.5 Å². The first kappa shape index (κ1) is 13.3. The number of benzene rings is 2. The van der Waals surface area contributed by atoms with Crippen LogP contribution in [0.1, 0.15) is 24.1 Å². The van der Waals surface area contributed by atoms with Gasteiger partial charge in [-0.2, -0.15) is 0 Å². The number of anilines is 1. The Balaban J connectivity index is 2.21. The molecule has 0 saturated heterocycles. The summed E-state index contributed by atoms with van der Waals surface area (Å²) in [4.78, 5) is 0. The predicted molar refractivity (Wildman–Crippen MR) is 77.9 cm³/mol. The zero-order chi connectivity index (χ0) is 13.8. The van der Waals surface area contributed by atoms with Crippen LogP contribution in [-0.2, 0) is 0 Å². The number of hydrogen-bond acceptors (Lipinski definition) is 3. The molecule has 0 aromatic heterocycles. The van der Waals surface area contributed by atoms with Crippen LogP contribution >= 0.6 is 0 Å². The van der Waals surface area contributed by atoms with Gasteiger partial charge in [-0.05, 0) is 37.6 Å². The van der Waals surface area contributed by atoms with Crippen molar-refractivity contribution in [3.63, 3.8) is 0 Å². The van der Waals surface area contributed by atoms with Crippen LogP contribution in [0.4, 0.5) is 5.69 Å². The second-order valence-electron chi connectivity index (χ2n) is 4.61. The molecule has 1 unspecified atom stereocenters. The second-order valence-corrected chi connectivity index (χ2v) is 4.61. The molecule has 0 aliphatic heterocycles. The van der Waals surface area contributed by atoms with E-state index in [1.165, 1.54) is 5.56 Å². The predicted octanol–water partition coefficient (Wildman–Crippen LogP) is 3.88. The van der Waals surface area contributed by atoms with E-state index in [9.17, 15) is 5.11 Å². The van der Waals surface area contributed by atoms with E-state index < -0.39 is 0 Å². The molecule has 3 nitrogen and oxygen atoms in total. The molecule has 0 aliphatic rings. The molecule has 2 rings (SSSR count). The average Bonchev–Trinajstić information content (AvgIpc) is 2.41. The normalized spacial score (nSPS) is 11.9. The number of para-hydroxylation sites is 1.